The lowest BCUT2D eigenvalue weighted by molar-refractivity contribution is 0.361. The Bertz CT molecular complexity index is 352. The zero-order chi connectivity index (χ0) is 13.3. The summed E-state index contributed by atoms with van der Waals surface area (Å²) in [5.74, 6) is 0.600. The van der Waals surface area contributed by atoms with Gasteiger partial charge in [-0.25, -0.2) is 0 Å². The number of nitrogens with zero attached hydrogens (tertiary/aromatic N) is 1. The molecule has 96 valence electrons. The lowest BCUT2D eigenvalue weighted by Crippen LogP contribution is -2.25. The first-order valence-corrected chi connectivity index (χ1v) is 6.58. The molecular weight excluding hydrogens is 206 g/mol. The number of rotatable bonds is 3. The molecule has 0 fully saturated rings. The van der Waals surface area contributed by atoms with Crippen LogP contribution in [-0.4, -0.2) is 4.98 Å². The molecular formula is C16H27N. The summed E-state index contributed by atoms with van der Waals surface area (Å²) in [6, 6.07) is 4.43. The Morgan fingerprint density at radius 2 is 1.65 bits per heavy atom. The number of aromatic nitrogens is 1. The van der Waals surface area contributed by atoms with Crippen molar-refractivity contribution in [3.05, 3.63) is 29.6 Å². The van der Waals surface area contributed by atoms with E-state index in [4.69, 9.17) is 0 Å². The van der Waals surface area contributed by atoms with E-state index >= 15 is 0 Å². The summed E-state index contributed by atoms with van der Waals surface area (Å²) in [6.07, 6.45) is 3.13. The summed E-state index contributed by atoms with van der Waals surface area (Å²) >= 11 is 0. The molecule has 0 saturated carbocycles. The van der Waals surface area contributed by atoms with Gasteiger partial charge in [-0.3, -0.25) is 4.98 Å². The van der Waals surface area contributed by atoms with Gasteiger partial charge in [0.2, 0.25) is 0 Å². The van der Waals surface area contributed by atoms with Gasteiger partial charge in [0.1, 0.15) is 0 Å². The monoisotopic (exact) mass is 233 g/mol. The van der Waals surface area contributed by atoms with Crippen molar-refractivity contribution in [1.29, 1.82) is 0 Å². The highest BCUT2D eigenvalue weighted by Crippen LogP contribution is 2.30. The molecule has 0 N–H and O–H groups in total. The molecule has 0 saturated heterocycles. The van der Waals surface area contributed by atoms with Crippen LogP contribution >= 0.6 is 0 Å². The Kier molecular flexibility index (Phi) is 4.01. The van der Waals surface area contributed by atoms with E-state index in [1.165, 1.54) is 11.3 Å². The Morgan fingerprint density at radius 1 is 1.06 bits per heavy atom. The van der Waals surface area contributed by atoms with Gasteiger partial charge in [-0.1, -0.05) is 54.5 Å². The van der Waals surface area contributed by atoms with Gasteiger partial charge in [0, 0.05) is 17.3 Å². The molecule has 1 aromatic heterocycles. The summed E-state index contributed by atoms with van der Waals surface area (Å²) in [7, 11) is 0. The van der Waals surface area contributed by atoms with Crippen LogP contribution in [0.15, 0.2) is 18.3 Å². The van der Waals surface area contributed by atoms with E-state index in [1.54, 1.807) is 0 Å². The van der Waals surface area contributed by atoms with E-state index in [1.807, 2.05) is 6.20 Å². The fourth-order valence-corrected chi connectivity index (χ4v) is 1.82. The molecule has 17 heavy (non-hydrogen) atoms. The molecule has 1 nitrogen and oxygen atoms in total. The SMILES string of the molecule is CC(C)C(C)(C)c1ccc(CC(C)(C)C)cn1. The second-order valence-corrected chi connectivity index (χ2v) is 7.17. The highest BCUT2D eigenvalue weighted by Gasteiger charge is 2.26. The third-order valence-corrected chi connectivity index (χ3v) is 3.66. The number of pyridine rings is 1. The van der Waals surface area contributed by atoms with Crippen molar-refractivity contribution >= 4 is 0 Å². The maximum atomic E-state index is 4.66. The molecule has 1 heteroatoms. The predicted octanol–water partition coefficient (Wildman–Crippen LogP) is 4.60. The summed E-state index contributed by atoms with van der Waals surface area (Å²) in [5, 5.41) is 0. The molecule has 0 amide bonds. The third-order valence-electron chi connectivity index (χ3n) is 3.66. The van der Waals surface area contributed by atoms with E-state index in [-0.39, 0.29) is 5.41 Å². The Morgan fingerprint density at radius 3 is 2.00 bits per heavy atom. The minimum absolute atomic E-state index is 0.153. The number of hydrogen-bond donors (Lipinski definition) is 0. The topological polar surface area (TPSA) is 12.9 Å². The molecule has 1 rings (SSSR count). The summed E-state index contributed by atoms with van der Waals surface area (Å²) in [6.45, 7) is 15.8. The van der Waals surface area contributed by atoms with Crippen LogP contribution in [0.25, 0.3) is 0 Å². The molecule has 0 aliphatic rings. The van der Waals surface area contributed by atoms with Gasteiger partial charge < -0.3 is 0 Å². The van der Waals surface area contributed by atoms with E-state index in [0.717, 1.165) is 6.42 Å². The second-order valence-electron chi connectivity index (χ2n) is 7.17. The van der Waals surface area contributed by atoms with E-state index in [9.17, 15) is 0 Å². The van der Waals surface area contributed by atoms with Crippen LogP contribution in [0.4, 0.5) is 0 Å². The fourth-order valence-electron chi connectivity index (χ4n) is 1.82. The van der Waals surface area contributed by atoms with Gasteiger partial charge in [0.05, 0.1) is 0 Å². The average molecular weight is 233 g/mol. The van der Waals surface area contributed by atoms with Crippen molar-refractivity contribution in [2.45, 2.75) is 60.3 Å². The standard InChI is InChI=1S/C16H27N/c1-12(2)16(6,7)14-9-8-13(11-17-14)10-15(3,4)5/h8-9,11-12H,10H2,1-7H3. The molecule has 0 aliphatic carbocycles. The van der Waals surface area contributed by atoms with Crippen molar-refractivity contribution in [1.82, 2.24) is 4.98 Å². The molecule has 0 aliphatic heterocycles. The smallest absolute Gasteiger partial charge is 0.0462 e. The highest BCUT2D eigenvalue weighted by molar-refractivity contribution is 5.21. The predicted molar refractivity (Wildman–Crippen MR) is 75.3 cm³/mol. The molecule has 0 bridgehead atoms. The van der Waals surface area contributed by atoms with E-state index < -0.39 is 0 Å². The minimum atomic E-state index is 0.153. The second kappa shape index (κ2) is 4.80. The van der Waals surface area contributed by atoms with Crippen LogP contribution in [0.3, 0.4) is 0 Å². The lowest BCUT2D eigenvalue weighted by Gasteiger charge is -2.29. The van der Waals surface area contributed by atoms with Crippen LogP contribution in [0.5, 0.6) is 0 Å². The normalized spacial score (nSPS) is 13.2. The molecule has 0 atom stereocenters. The first-order chi connectivity index (χ1) is 7.63. The van der Waals surface area contributed by atoms with Crippen molar-refractivity contribution in [3.63, 3.8) is 0 Å². The minimum Gasteiger partial charge on any atom is -0.260 e. The molecule has 0 radical (unpaired) electrons. The van der Waals surface area contributed by atoms with Crippen molar-refractivity contribution in [2.75, 3.05) is 0 Å². The first-order valence-electron chi connectivity index (χ1n) is 6.58. The van der Waals surface area contributed by atoms with Crippen LogP contribution in [-0.2, 0) is 11.8 Å². The highest BCUT2D eigenvalue weighted by atomic mass is 14.7. The quantitative estimate of drug-likeness (QED) is 0.743. The van der Waals surface area contributed by atoms with Crippen LogP contribution in [0.1, 0.15) is 59.7 Å². The van der Waals surface area contributed by atoms with Crippen LogP contribution in [0.2, 0.25) is 0 Å². The third kappa shape index (κ3) is 3.83. The van der Waals surface area contributed by atoms with Gasteiger partial charge in [0.15, 0.2) is 0 Å². The Hall–Kier alpha value is -0.850. The van der Waals surface area contributed by atoms with Gasteiger partial charge in [0.25, 0.3) is 0 Å². The molecule has 0 unspecified atom stereocenters. The first kappa shape index (κ1) is 14.2. The van der Waals surface area contributed by atoms with Crippen molar-refractivity contribution in [2.24, 2.45) is 11.3 Å². The summed E-state index contributed by atoms with van der Waals surface area (Å²) in [5.41, 5.74) is 3.02. The molecule has 1 heterocycles. The maximum absolute atomic E-state index is 4.66. The largest absolute Gasteiger partial charge is 0.260 e. The average Bonchev–Trinajstić information content (AvgIpc) is 2.15. The zero-order valence-electron chi connectivity index (χ0n) is 12.5. The Balaban J connectivity index is 2.89. The van der Waals surface area contributed by atoms with Crippen molar-refractivity contribution in [3.8, 4) is 0 Å². The lowest BCUT2D eigenvalue weighted by atomic mass is 9.78. The Labute approximate surface area is 107 Å². The molecule has 0 spiro atoms. The molecule has 0 aromatic carbocycles. The summed E-state index contributed by atoms with van der Waals surface area (Å²) in [4.78, 5) is 4.66. The fraction of sp³-hybridized carbons (Fsp3) is 0.688. The van der Waals surface area contributed by atoms with Gasteiger partial charge >= 0.3 is 0 Å². The van der Waals surface area contributed by atoms with Crippen molar-refractivity contribution < 1.29 is 0 Å². The van der Waals surface area contributed by atoms with Gasteiger partial charge in [-0.15, -0.1) is 0 Å². The molecule has 1 aromatic rings. The van der Waals surface area contributed by atoms with Crippen LogP contribution < -0.4 is 0 Å². The zero-order valence-corrected chi connectivity index (χ0v) is 12.5. The summed E-state index contributed by atoms with van der Waals surface area (Å²) < 4.78 is 0. The maximum Gasteiger partial charge on any atom is 0.0462 e. The van der Waals surface area contributed by atoms with Gasteiger partial charge in [-0.05, 0) is 29.4 Å². The number of hydrogen-bond acceptors (Lipinski definition) is 1. The van der Waals surface area contributed by atoms with E-state index in [0.29, 0.717) is 11.3 Å². The van der Waals surface area contributed by atoms with E-state index in [2.05, 4.69) is 65.6 Å². The van der Waals surface area contributed by atoms with Gasteiger partial charge in [-0.2, -0.15) is 0 Å². The van der Waals surface area contributed by atoms with Crippen LogP contribution in [0, 0.1) is 11.3 Å².